The number of carbonyl (C=O) groups is 1. The minimum absolute atomic E-state index is 0.0604. The fraction of sp³-hybridized carbons (Fsp3) is 0.200. The van der Waals surface area contributed by atoms with Crippen LogP contribution in [0.25, 0.3) is 0 Å². The second-order valence-corrected chi connectivity index (χ2v) is 6.10. The molecule has 2 aromatic heterocycles. The van der Waals surface area contributed by atoms with Gasteiger partial charge in [0.2, 0.25) is 5.13 Å². The van der Waals surface area contributed by atoms with E-state index >= 15 is 0 Å². The van der Waals surface area contributed by atoms with E-state index in [0.717, 1.165) is 11.3 Å². The highest BCUT2D eigenvalue weighted by molar-refractivity contribution is 14.1. The number of anilines is 1. The first kappa shape index (κ1) is 15.5. The molecule has 20 heavy (non-hydrogen) atoms. The number of hydrogen-bond donors (Lipinski definition) is 2. The second-order valence-electron chi connectivity index (χ2n) is 3.51. The summed E-state index contributed by atoms with van der Waals surface area (Å²) in [6, 6.07) is 0. The van der Waals surface area contributed by atoms with Gasteiger partial charge in [-0.25, -0.2) is 9.37 Å². The number of nitrogens with zero attached hydrogens (tertiary/aromatic N) is 3. The fourth-order valence-electron chi connectivity index (χ4n) is 1.31. The number of rotatable bonds is 4. The first-order chi connectivity index (χ1) is 9.52. The van der Waals surface area contributed by atoms with Gasteiger partial charge in [0.15, 0.2) is 11.0 Å². The van der Waals surface area contributed by atoms with Gasteiger partial charge in [0.25, 0.3) is 5.91 Å². The van der Waals surface area contributed by atoms with Crippen molar-refractivity contribution in [1.29, 1.82) is 0 Å². The molecule has 1 amide bonds. The molecule has 0 aliphatic rings. The Labute approximate surface area is 135 Å². The average Bonchev–Trinajstić information content (AvgIpc) is 2.82. The molecule has 0 radical (unpaired) electrons. The highest BCUT2D eigenvalue weighted by Crippen LogP contribution is 2.23. The van der Waals surface area contributed by atoms with Gasteiger partial charge in [-0.05, 0) is 22.6 Å². The van der Waals surface area contributed by atoms with Crippen LogP contribution in [0.2, 0.25) is 5.15 Å². The zero-order valence-electron chi connectivity index (χ0n) is 9.73. The van der Waals surface area contributed by atoms with Crippen LogP contribution in [0.15, 0.2) is 6.20 Å². The standard InChI is InChI=1S/C10H7ClFIN4O2S/c11-8-7(12)6(4(13)3-14-8)9(19)15-10-17-16-5(20-10)1-2-18/h3,18H,1-2H2,(H,15,17,19). The molecule has 0 spiro atoms. The summed E-state index contributed by atoms with van der Waals surface area (Å²) in [7, 11) is 0. The highest BCUT2D eigenvalue weighted by atomic mass is 127. The first-order valence-corrected chi connectivity index (χ1v) is 7.54. The summed E-state index contributed by atoms with van der Waals surface area (Å²) in [6.45, 7) is -0.0604. The molecule has 2 rings (SSSR count). The zero-order chi connectivity index (χ0) is 14.7. The molecule has 2 heterocycles. The lowest BCUT2D eigenvalue weighted by Crippen LogP contribution is -2.16. The van der Waals surface area contributed by atoms with E-state index in [4.69, 9.17) is 16.7 Å². The van der Waals surface area contributed by atoms with Gasteiger partial charge >= 0.3 is 0 Å². The molecular weight excluding hydrogens is 422 g/mol. The van der Waals surface area contributed by atoms with Crippen molar-refractivity contribution in [2.45, 2.75) is 6.42 Å². The van der Waals surface area contributed by atoms with E-state index < -0.39 is 11.7 Å². The van der Waals surface area contributed by atoms with Gasteiger partial charge in [-0.3, -0.25) is 10.1 Å². The van der Waals surface area contributed by atoms with Gasteiger partial charge in [0.05, 0.1) is 5.56 Å². The lowest BCUT2D eigenvalue weighted by atomic mass is 10.2. The van der Waals surface area contributed by atoms with Crippen molar-refractivity contribution in [1.82, 2.24) is 15.2 Å². The monoisotopic (exact) mass is 428 g/mol. The van der Waals surface area contributed by atoms with Crippen LogP contribution >= 0.6 is 45.5 Å². The van der Waals surface area contributed by atoms with Gasteiger partial charge in [-0.15, -0.1) is 10.2 Å². The van der Waals surface area contributed by atoms with E-state index in [9.17, 15) is 9.18 Å². The summed E-state index contributed by atoms with van der Waals surface area (Å²) in [5, 5.41) is 19.2. The molecule has 0 aliphatic heterocycles. The SMILES string of the molecule is O=C(Nc1nnc(CCO)s1)c1c(I)cnc(Cl)c1F. The third kappa shape index (κ3) is 3.40. The smallest absolute Gasteiger partial charge is 0.261 e. The fourth-order valence-corrected chi connectivity index (χ4v) is 2.80. The zero-order valence-corrected chi connectivity index (χ0v) is 13.5. The molecule has 0 saturated heterocycles. The Morgan fingerprint density at radius 3 is 3.00 bits per heavy atom. The van der Waals surface area contributed by atoms with Gasteiger partial charge in [0.1, 0.15) is 5.01 Å². The maximum Gasteiger partial charge on any atom is 0.261 e. The molecule has 0 unspecified atom stereocenters. The summed E-state index contributed by atoms with van der Waals surface area (Å²) in [6.07, 6.45) is 1.65. The molecule has 0 fully saturated rings. The van der Waals surface area contributed by atoms with Crippen molar-refractivity contribution in [2.75, 3.05) is 11.9 Å². The molecule has 2 N–H and O–H groups in total. The summed E-state index contributed by atoms with van der Waals surface area (Å²) < 4.78 is 14.2. The molecule has 0 saturated carbocycles. The van der Waals surface area contributed by atoms with Gasteiger partial charge in [-0.2, -0.15) is 0 Å². The predicted molar refractivity (Wildman–Crippen MR) is 80.6 cm³/mol. The van der Waals surface area contributed by atoms with Gasteiger partial charge < -0.3 is 5.11 Å². The van der Waals surface area contributed by atoms with Crippen LogP contribution in [0.4, 0.5) is 9.52 Å². The maximum absolute atomic E-state index is 13.8. The number of aromatic nitrogens is 3. The normalized spacial score (nSPS) is 10.6. The van der Waals surface area contributed by atoms with Crippen molar-refractivity contribution < 1.29 is 14.3 Å². The Morgan fingerprint density at radius 1 is 1.55 bits per heavy atom. The van der Waals surface area contributed by atoms with Crippen LogP contribution in [-0.4, -0.2) is 32.8 Å². The Hall–Kier alpha value is -0.910. The Balaban J connectivity index is 2.21. The van der Waals surface area contributed by atoms with Crippen molar-refractivity contribution in [3.8, 4) is 0 Å². The first-order valence-electron chi connectivity index (χ1n) is 5.27. The average molecular weight is 429 g/mol. The third-order valence-electron chi connectivity index (χ3n) is 2.17. The van der Waals surface area contributed by atoms with Crippen LogP contribution in [0, 0.1) is 9.39 Å². The number of aliphatic hydroxyl groups excluding tert-OH is 1. The molecule has 10 heteroatoms. The summed E-state index contributed by atoms with van der Waals surface area (Å²) in [5.41, 5.74) is -0.190. The topological polar surface area (TPSA) is 88.0 Å². The van der Waals surface area contributed by atoms with E-state index in [1.807, 2.05) is 0 Å². The summed E-state index contributed by atoms with van der Waals surface area (Å²) >= 11 is 8.46. The van der Waals surface area contributed by atoms with E-state index in [0.29, 0.717) is 15.0 Å². The number of pyridine rings is 1. The third-order valence-corrected chi connectivity index (χ3v) is 4.15. The Morgan fingerprint density at radius 2 is 2.30 bits per heavy atom. The Kier molecular flexibility index (Phi) is 5.18. The van der Waals surface area contributed by atoms with Gasteiger partial charge in [-0.1, -0.05) is 22.9 Å². The van der Waals surface area contributed by atoms with Gasteiger partial charge in [0, 0.05) is 22.8 Å². The van der Waals surface area contributed by atoms with Crippen LogP contribution in [0.1, 0.15) is 15.4 Å². The van der Waals surface area contributed by atoms with Crippen molar-refractivity contribution in [3.63, 3.8) is 0 Å². The number of hydrogen-bond acceptors (Lipinski definition) is 6. The van der Waals surface area contributed by atoms with Crippen LogP contribution in [0.5, 0.6) is 0 Å². The lowest BCUT2D eigenvalue weighted by Gasteiger charge is -2.05. The van der Waals surface area contributed by atoms with E-state index in [1.165, 1.54) is 6.20 Å². The number of carbonyl (C=O) groups excluding carboxylic acids is 1. The highest BCUT2D eigenvalue weighted by Gasteiger charge is 2.20. The number of nitrogens with one attached hydrogen (secondary N) is 1. The quantitative estimate of drug-likeness (QED) is 0.575. The predicted octanol–water partition coefficient (Wildman–Crippen LogP) is 2.12. The molecule has 0 atom stereocenters. The lowest BCUT2D eigenvalue weighted by molar-refractivity contribution is 0.102. The maximum atomic E-state index is 13.8. The van der Waals surface area contributed by atoms with Crippen molar-refractivity contribution in [3.05, 3.63) is 31.3 Å². The number of halogens is 3. The van der Waals surface area contributed by atoms with Crippen molar-refractivity contribution in [2.24, 2.45) is 0 Å². The van der Waals surface area contributed by atoms with E-state index in [2.05, 4.69) is 20.5 Å². The van der Waals surface area contributed by atoms with E-state index in [-0.39, 0.29) is 22.5 Å². The molecule has 0 bridgehead atoms. The van der Waals surface area contributed by atoms with Crippen LogP contribution in [-0.2, 0) is 6.42 Å². The molecule has 106 valence electrons. The summed E-state index contributed by atoms with van der Waals surface area (Å²) in [4.78, 5) is 15.6. The Bertz CT molecular complexity index is 654. The minimum atomic E-state index is -0.879. The van der Waals surface area contributed by atoms with Crippen LogP contribution < -0.4 is 5.32 Å². The molecule has 0 aromatic carbocycles. The number of amides is 1. The van der Waals surface area contributed by atoms with Crippen molar-refractivity contribution >= 4 is 56.6 Å². The molecule has 6 nitrogen and oxygen atoms in total. The van der Waals surface area contributed by atoms with E-state index in [1.54, 1.807) is 22.6 Å². The van der Waals surface area contributed by atoms with Crippen LogP contribution in [0.3, 0.4) is 0 Å². The molecule has 2 aromatic rings. The molecule has 0 aliphatic carbocycles. The molecular formula is C10H7ClFIN4O2S. The summed E-state index contributed by atoms with van der Waals surface area (Å²) in [5.74, 6) is -1.56. The largest absolute Gasteiger partial charge is 0.396 e. The minimum Gasteiger partial charge on any atom is -0.396 e. The second kappa shape index (κ2) is 6.70. The number of aliphatic hydroxyl groups is 1.